The summed E-state index contributed by atoms with van der Waals surface area (Å²) in [4.78, 5) is 10.7. The summed E-state index contributed by atoms with van der Waals surface area (Å²) in [6.45, 7) is 2.50. The van der Waals surface area contributed by atoms with Crippen LogP contribution in [0.1, 0.15) is 13.8 Å². The zero-order chi connectivity index (χ0) is 12.5. The third-order valence-corrected chi connectivity index (χ3v) is 1.97. The second-order valence-electron chi connectivity index (χ2n) is 3.80. The first-order chi connectivity index (χ1) is 7.24. The van der Waals surface area contributed by atoms with E-state index in [0.717, 1.165) is 0 Å². The van der Waals surface area contributed by atoms with Crippen LogP contribution < -0.4 is 5.32 Å². The summed E-state index contributed by atoms with van der Waals surface area (Å²) >= 11 is 0. The Morgan fingerprint density at radius 1 is 1.31 bits per heavy atom. The van der Waals surface area contributed by atoms with Gasteiger partial charge in [-0.05, 0) is 13.8 Å². The van der Waals surface area contributed by atoms with Crippen molar-refractivity contribution >= 4 is 11.7 Å². The first-order valence-electron chi connectivity index (χ1n) is 4.40. The molecule has 0 atom stereocenters. The van der Waals surface area contributed by atoms with Gasteiger partial charge in [0, 0.05) is 12.1 Å². The van der Waals surface area contributed by atoms with Gasteiger partial charge in [0.25, 0.3) is 0 Å². The lowest BCUT2D eigenvalue weighted by molar-refractivity contribution is -0.141. The summed E-state index contributed by atoms with van der Waals surface area (Å²) in [6, 6.07) is 1.08. The summed E-state index contributed by atoms with van der Waals surface area (Å²) in [5.74, 6) is -4.93. The molecule has 6 heteroatoms. The lowest BCUT2D eigenvalue weighted by Crippen LogP contribution is -2.40. The van der Waals surface area contributed by atoms with E-state index in [4.69, 9.17) is 5.11 Å². The number of anilines is 1. The standard InChI is InChI=1S/C10H10F3NO2/c1-10(2,9(15)16)14-7-4-5(11)3-6(12)8(7)13/h3-4,14H,1-2H3,(H,15,16). The highest BCUT2D eigenvalue weighted by atomic mass is 19.2. The minimum absolute atomic E-state index is 0.383. The Labute approximate surface area is 89.9 Å². The summed E-state index contributed by atoms with van der Waals surface area (Å²) < 4.78 is 38.8. The van der Waals surface area contributed by atoms with Crippen LogP contribution >= 0.6 is 0 Å². The molecule has 0 aliphatic carbocycles. The summed E-state index contributed by atoms with van der Waals surface area (Å²) in [7, 11) is 0. The van der Waals surface area contributed by atoms with E-state index in [0.29, 0.717) is 12.1 Å². The van der Waals surface area contributed by atoms with Gasteiger partial charge in [0.2, 0.25) is 0 Å². The molecule has 1 aromatic carbocycles. The van der Waals surface area contributed by atoms with Crippen LogP contribution in [0.4, 0.5) is 18.9 Å². The van der Waals surface area contributed by atoms with Gasteiger partial charge in [-0.25, -0.2) is 18.0 Å². The molecule has 0 unspecified atom stereocenters. The van der Waals surface area contributed by atoms with Crippen molar-refractivity contribution in [2.24, 2.45) is 0 Å². The fraction of sp³-hybridized carbons (Fsp3) is 0.300. The lowest BCUT2D eigenvalue weighted by Gasteiger charge is -2.22. The number of halogens is 3. The molecule has 0 fully saturated rings. The van der Waals surface area contributed by atoms with E-state index in [2.05, 4.69) is 5.32 Å². The molecule has 0 bridgehead atoms. The molecular weight excluding hydrogens is 223 g/mol. The summed E-state index contributed by atoms with van der Waals surface area (Å²) in [5.41, 5.74) is -2.05. The molecule has 0 saturated carbocycles. The minimum atomic E-state index is -1.53. The predicted molar refractivity (Wildman–Crippen MR) is 51.7 cm³/mol. The van der Waals surface area contributed by atoms with Gasteiger partial charge in [-0.1, -0.05) is 0 Å². The number of carbonyl (C=O) groups is 1. The van der Waals surface area contributed by atoms with Crippen LogP contribution in [0.15, 0.2) is 12.1 Å². The van der Waals surface area contributed by atoms with Gasteiger partial charge in [0.15, 0.2) is 11.6 Å². The Kier molecular flexibility index (Phi) is 3.11. The molecule has 0 spiro atoms. The van der Waals surface area contributed by atoms with Crippen molar-refractivity contribution in [1.82, 2.24) is 0 Å². The number of carboxylic acid groups (broad SMARTS) is 1. The first kappa shape index (κ1) is 12.4. The Morgan fingerprint density at radius 2 is 1.88 bits per heavy atom. The molecule has 0 aromatic heterocycles. The maximum absolute atomic E-state index is 13.2. The van der Waals surface area contributed by atoms with Crippen molar-refractivity contribution in [3.8, 4) is 0 Å². The molecule has 0 heterocycles. The van der Waals surface area contributed by atoms with E-state index in [1.54, 1.807) is 0 Å². The molecular formula is C10H10F3NO2. The summed E-state index contributed by atoms with van der Waals surface area (Å²) in [6.07, 6.45) is 0. The third kappa shape index (κ3) is 2.44. The van der Waals surface area contributed by atoms with Crippen molar-refractivity contribution in [2.45, 2.75) is 19.4 Å². The van der Waals surface area contributed by atoms with Crippen LogP contribution in [0.3, 0.4) is 0 Å². The Morgan fingerprint density at radius 3 is 2.38 bits per heavy atom. The molecule has 2 N–H and O–H groups in total. The van der Waals surface area contributed by atoms with Crippen LogP contribution in [0.25, 0.3) is 0 Å². The average molecular weight is 233 g/mol. The maximum Gasteiger partial charge on any atom is 0.328 e. The molecule has 88 valence electrons. The highest BCUT2D eigenvalue weighted by Crippen LogP contribution is 2.22. The Bertz CT molecular complexity index is 432. The average Bonchev–Trinajstić information content (AvgIpc) is 2.12. The van der Waals surface area contributed by atoms with Gasteiger partial charge < -0.3 is 10.4 Å². The van der Waals surface area contributed by atoms with Crippen molar-refractivity contribution in [1.29, 1.82) is 0 Å². The van der Waals surface area contributed by atoms with Crippen molar-refractivity contribution < 1.29 is 23.1 Å². The second kappa shape index (κ2) is 4.03. The SMILES string of the molecule is CC(C)(Nc1cc(F)cc(F)c1F)C(=O)O. The number of hydrogen-bond donors (Lipinski definition) is 2. The van der Waals surface area contributed by atoms with Gasteiger partial charge in [-0.3, -0.25) is 0 Å². The van der Waals surface area contributed by atoms with Crippen LogP contribution in [-0.4, -0.2) is 16.6 Å². The van der Waals surface area contributed by atoms with E-state index >= 15 is 0 Å². The van der Waals surface area contributed by atoms with Gasteiger partial charge in [0.1, 0.15) is 11.4 Å². The maximum atomic E-state index is 13.2. The van der Waals surface area contributed by atoms with E-state index in [1.165, 1.54) is 13.8 Å². The highest BCUT2D eigenvalue weighted by Gasteiger charge is 2.28. The van der Waals surface area contributed by atoms with E-state index < -0.39 is 34.6 Å². The lowest BCUT2D eigenvalue weighted by atomic mass is 10.1. The van der Waals surface area contributed by atoms with Gasteiger partial charge >= 0.3 is 5.97 Å². The fourth-order valence-corrected chi connectivity index (χ4v) is 1.04. The molecule has 1 rings (SSSR count). The monoisotopic (exact) mass is 233 g/mol. The molecule has 0 amide bonds. The fourth-order valence-electron chi connectivity index (χ4n) is 1.04. The molecule has 0 aliphatic heterocycles. The quantitative estimate of drug-likeness (QED) is 0.788. The normalized spacial score (nSPS) is 11.3. The number of hydrogen-bond acceptors (Lipinski definition) is 2. The molecule has 0 aliphatic rings. The van der Waals surface area contributed by atoms with Gasteiger partial charge in [-0.15, -0.1) is 0 Å². The minimum Gasteiger partial charge on any atom is -0.480 e. The van der Waals surface area contributed by atoms with E-state index in [-0.39, 0.29) is 0 Å². The first-order valence-corrected chi connectivity index (χ1v) is 4.40. The van der Waals surface area contributed by atoms with Crippen LogP contribution in [0.2, 0.25) is 0 Å². The molecule has 1 aromatic rings. The van der Waals surface area contributed by atoms with Gasteiger partial charge in [0.05, 0.1) is 5.69 Å². The third-order valence-electron chi connectivity index (χ3n) is 1.97. The molecule has 0 saturated heterocycles. The molecule has 0 radical (unpaired) electrons. The topological polar surface area (TPSA) is 49.3 Å². The number of benzene rings is 1. The number of rotatable bonds is 3. The molecule has 3 nitrogen and oxygen atoms in total. The Hall–Kier alpha value is -1.72. The zero-order valence-electron chi connectivity index (χ0n) is 8.64. The second-order valence-corrected chi connectivity index (χ2v) is 3.80. The van der Waals surface area contributed by atoms with Crippen molar-refractivity contribution in [2.75, 3.05) is 5.32 Å². The largest absolute Gasteiger partial charge is 0.480 e. The molecule has 16 heavy (non-hydrogen) atoms. The van der Waals surface area contributed by atoms with Crippen LogP contribution in [0.5, 0.6) is 0 Å². The zero-order valence-corrected chi connectivity index (χ0v) is 8.64. The van der Waals surface area contributed by atoms with E-state index in [1.807, 2.05) is 0 Å². The van der Waals surface area contributed by atoms with Crippen molar-refractivity contribution in [3.63, 3.8) is 0 Å². The number of aliphatic carboxylic acids is 1. The van der Waals surface area contributed by atoms with Gasteiger partial charge in [-0.2, -0.15) is 0 Å². The van der Waals surface area contributed by atoms with Crippen molar-refractivity contribution in [3.05, 3.63) is 29.6 Å². The predicted octanol–water partition coefficient (Wildman–Crippen LogP) is 2.38. The van der Waals surface area contributed by atoms with E-state index in [9.17, 15) is 18.0 Å². The summed E-state index contributed by atoms with van der Waals surface area (Å²) in [5, 5.41) is 11.0. The van der Waals surface area contributed by atoms with Crippen LogP contribution in [0, 0.1) is 17.5 Å². The highest BCUT2D eigenvalue weighted by molar-refractivity contribution is 5.81. The number of carboxylic acids is 1. The Balaban J connectivity index is 3.11. The number of nitrogens with one attached hydrogen (secondary N) is 1. The smallest absolute Gasteiger partial charge is 0.328 e. The van der Waals surface area contributed by atoms with Crippen LogP contribution in [-0.2, 0) is 4.79 Å².